The monoisotopic (exact) mass is 178 g/mol. The maximum absolute atomic E-state index is 11.8. The molecule has 1 atom stereocenters. The molecular formula is C8H19O2P. The van der Waals surface area contributed by atoms with Crippen LogP contribution in [0.1, 0.15) is 26.7 Å². The van der Waals surface area contributed by atoms with Gasteiger partial charge in [-0.1, -0.05) is 13.8 Å². The van der Waals surface area contributed by atoms with E-state index in [0.717, 1.165) is 12.8 Å². The van der Waals surface area contributed by atoms with Crippen LogP contribution in [0.5, 0.6) is 0 Å². The van der Waals surface area contributed by atoms with Crippen LogP contribution in [0.3, 0.4) is 0 Å². The molecule has 0 fully saturated rings. The van der Waals surface area contributed by atoms with Gasteiger partial charge in [0.05, 0.1) is 7.14 Å². The lowest BCUT2D eigenvalue weighted by molar-refractivity contribution is 0.319. The van der Waals surface area contributed by atoms with Crippen molar-refractivity contribution in [3.63, 3.8) is 0 Å². The summed E-state index contributed by atoms with van der Waals surface area (Å²) in [5.41, 5.74) is 0.314. The largest absolute Gasteiger partial charge is 0.396 e. The highest BCUT2D eigenvalue weighted by Gasteiger charge is 2.23. The van der Waals surface area contributed by atoms with Crippen molar-refractivity contribution in [3.8, 4) is 0 Å². The molecule has 0 aliphatic heterocycles. The zero-order chi connectivity index (χ0) is 8.91. The van der Waals surface area contributed by atoms with Crippen LogP contribution in [-0.4, -0.2) is 30.2 Å². The van der Waals surface area contributed by atoms with Gasteiger partial charge in [0.15, 0.2) is 0 Å². The van der Waals surface area contributed by atoms with Gasteiger partial charge in [0.25, 0.3) is 0 Å². The van der Waals surface area contributed by atoms with E-state index in [1.807, 2.05) is 0 Å². The van der Waals surface area contributed by atoms with Gasteiger partial charge >= 0.3 is 0 Å². The Kier molecular flexibility index (Phi) is 5.03. The Bertz CT molecular complexity index is 141. The fourth-order valence-electron chi connectivity index (χ4n) is 1.44. The molecule has 0 amide bonds. The molecule has 0 aromatic heterocycles. The maximum Gasteiger partial charge on any atom is 0.0899 e. The number of hydrogen-bond acceptors (Lipinski definition) is 2. The molecule has 0 spiro atoms. The van der Waals surface area contributed by atoms with Gasteiger partial charge in [-0.25, -0.2) is 0 Å². The second-order valence-corrected chi connectivity index (χ2v) is 6.62. The Labute approximate surface area is 69.4 Å². The third-order valence-electron chi connectivity index (χ3n) is 2.26. The first-order chi connectivity index (χ1) is 5.08. The molecular weight excluding hydrogens is 159 g/mol. The van der Waals surface area contributed by atoms with Crippen molar-refractivity contribution in [3.05, 3.63) is 0 Å². The van der Waals surface area contributed by atoms with E-state index < -0.39 is 7.14 Å². The van der Waals surface area contributed by atoms with Crippen LogP contribution in [0.4, 0.5) is 0 Å². The summed E-state index contributed by atoms with van der Waals surface area (Å²) in [4.78, 5) is 0. The van der Waals surface area contributed by atoms with Crippen LogP contribution in [0.2, 0.25) is 0 Å². The molecule has 0 aromatic rings. The number of rotatable bonds is 5. The van der Waals surface area contributed by atoms with Crippen LogP contribution in [0.15, 0.2) is 0 Å². The molecule has 1 N–H and O–H groups in total. The summed E-state index contributed by atoms with van der Waals surface area (Å²) in [6.45, 7) is 5.98. The summed E-state index contributed by atoms with van der Waals surface area (Å²) >= 11 is 0. The van der Waals surface area contributed by atoms with Crippen molar-refractivity contribution < 1.29 is 9.67 Å². The highest BCUT2D eigenvalue weighted by Crippen LogP contribution is 2.48. The minimum absolute atomic E-state index is 0.0598. The molecule has 0 saturated carbocycles. The zero-order valence-electron chi connectivity index (χ0n) is 7.71. The molecule has 0 saturated heterocycles. The first-order valence-corrected chi connectivity index (χ1v) is 6.66. The van der Waals surface area contributed by atoms with Gasteiger partial charge in [0.2, 0.25) is 0 Å². The fraction of sp³-hybridized carbons (Fsp3) is 1.00. The standard InChI is InChI=1S/C8H19O2P/c1-4-8(5-2)11(3,10)7-6-9/h8-9H,4-7H2,1-3H3. The van der Waals surface area contributed by atoms with Crippen molar-refractivity contribution in [2.45, 2.75) is 32.3 Å². The SMILES string of the molecule is CCC(CC)P(C)(=O)CCO. The topological polar surface area (TPSA) is 37.3 Å². The lowest BCUT2D eigenvalue weighted by Crippen LogP contribution is -2.09. The number of aliphatic hydroxyl groups is 1. The van der Waals surface area contributed by atoms with Crippen LogP contribution in [-0.2, 0) is 4.57 Å². The predicted octanol–water partition coefficient (Wildman–Crippen LogP) is 2.16. The van der Waals surface area contributed by atoms with Gasteiger partial charge in [-0.3, -0.25) is 0 Å². The van der Waals surface area contributed by atoms with E-state index in [9.17, 15) is 4.57 Å². The van der Waals surface area contributed by atoms with Gasteiger partial charge < -0.3 is 9.67 Å². The zero-order valence-corrected chi connectivity index (χ0v) is 8.60. The molecule has 0 bridgehead atoms. The number of aliphatic hydroxyl groups excluding tert-OH is 1. The van der Waals surface area contributed by atoms with Crippen LogP contribution in [0.25, 0.3) is 0 Å². The Balaban J connectivity index is 4.13. The smallest absolute Gasteiger partial charge is 0.0899 e. The minimum atomic E-state index is -2.05. The lowest BCUT2D eigenvalue weighted by atomic mass is 10.3. The molecule has 0 aliphatic rings. The van der Waals surface area contributed by atoms with E-state index >= 15 is 0 Å². The summed E-state index contributed by atoms with van der Waals surface area (Å²) in [5, 5.41) is 8.67. The summed E-state index contributed by atoms with van der Waals surface area (Å²) in [6, 6.07) is 0. The third kappa shape index (κ3) is 3.39. The maximum atomic E-state index is 11.8. The summed E-state index contributed by atoms with van der Waals surface area (Å²) in [5.74, 6) is 0. The van der Waals surface area contributed by atoms with Gasteiger partial charge in [-0.05, 0) is 19.5 Å². The van der Waals surface area contributed by atoms with Gasteiger partial charge in [-0.2, -0.15) is 0 Å². The first-order valence-electron chi connectivity index (χ1n) is 4.25. The quantitative estimate of drug-likeness (QED) is 0.655. The van der Waals surface area contributed by atoms with Gasteiger partial charge in [0.1, 0.15) is 0 Å². The summed E-state index contributed by atoms with van der Waals surface area (Å²) in [6.07, 6.45) is 2.41. The Morgan fingerprint density at radius 2 is 1.82 bits per heavy atom. The molecule has 0 rings (SSSR count). The van der Waals surface area contributed by atoms with E-state index in [1.54, 1.807) is 6.66 Å². The van der Waals surface area contributed by atoms with Crippen LogP contribution < -0.4 is 0 Å². The molecule has 3 heteroatoms. The highest BCUT2D eigenvalue weighted by molar-refractivity contribution is 7.63. The van der Waals surface area contributed by atoms with Gasteiger partial charge in [0, 0.05) is 18.4 Å². The lowest BCUT2D eigenvalue weighted by Gasteiger charge is -2.20. The van der Waals surface area contributed by atoms with Crippen molar-refractivity contribution in [1.29, 1.82) is 0 Å². The second kappa shape index (κ2) is 4.95. The van der Waals surface area contributed by atoms with Crippen LogP contribution >= 0.6 is 7.14 Å². The molecule has 1 unspecified atom stereocenters. The fourth-order valence-corrected chi connectivity index (χ4v) is 3.75. The molecule has 11 heavy (non-hydrogen) atoms. The Morgan fingerprint density at radius 1 is 1.36 bits per heavy atom. The molecule has 2 nitrogen and oxygen atoms in total. The predicted molar refractivity (Wildman–Crippen MR) is 49.9 cm³/mol. The van der Waals surface area contributed by atoms with Crippen molar-refractivity contribution in [2.75, 3.05) is 19.4 Å². The number of hydrogen-bond donors (Lipinski definition) is 1. The average Bonchev–Trinajstić information content (AvgIpc) is 1.89. The molecule has 68 valence electrons. The Hall–Kier alpha value is 0.190. The van der Waals surface area contributed by atoms with Gasteiger partial charge in [-0.15, -0.1) is 0 Å². The first kappa shape index (κ1) is 11.2. The van der Waals surface area contributed by atoms with E-state index in [0.29, 0.717) is 11.8 Å². The third-order valence-corrected chi connectivity index (χ3v) is 5.62. The highest BCUT2D eigenvalue weighted by atomic mass is 31.2. The van der Waals surface area contributed by atoms with Crippen LogP contribution in [0, 0.1) is 0 Å². The van der Waals surface area contributed by atoms with E-state index in [2.05, 4.69) is 13.8 Å². The van der Waals surface area contributed by atoms with E-state index in [4.69, 9.17) is 5.11 Å². The second-order valence-electron chi connectivity index (χ2n) is 3.09. The summed E-state index contributed by atoms with van der Waals surface area (Å²) in [7, 11) is -2.05. The normalized spacial score (nSPS) is 16.8. The van der Waals surface area contributed by atoms with Crippen molar-refractivity contribution >= 4 is 7.14 Å². The molecule has 0 aromatic carbocycles. The average molecular weight is 178 g/mol. The van der Waals surface area contributed by atoms with E-state index in [1.165, 1.54) is 0 Å². The van der Waals surface area contributed by atoms with E-state index in [-0.39, 0.29) is 6.61 Å². The Morgan fingerprint density at radius 3 is 2.09 bits per heavy atom. The molecule has 0 aliphatic carbocycles. The van der Waals surface area contributed by atoms with Crippen molar-refractivity contribution in [1.82, 2.24) is 0 Å². The van der Waals surface area contributed by atoms with Crippen molar-refractivity contribution in [2.24, 2.45) is 0 Å². The minimum Gasteiger partial charge on any atom is -0.396 e. The molecule has 0 radical (unpaired) electrons. The molecule has 0 heterocycles. The summed E-state index contributed by atoms with van der Waals surface area (Å²) < 4.78 is 11.8.